The minimum Gasteiger partial charge on any atom is -0.374 e. The molecule has 0 aromatic heterocycles. The van der Waals surface area contributed by atoms with Gasteiger partial charge in [-0.2, -0.15) is 0 Å². The number of halogens is 1. The first-order valence-corrected chi connectivity index (χ1v) is 8.83. The van der Waals surface area contributed by atoms with Gasteiger partial charge in [0.05, 0.1) is 6.10 Å². The van der Waals surface area contributed by atoms with Gasteiger partial charge in [0.25, 0.3) is 0 Å². The molecule has 0 aliphatic carbocycles. The molecule has 0 aliphatic rings. The van der Waals surface area contributed by atoms with E-state index in [0.717, 1.165) is 29.2 Å². The number of hydrogen-bond donors (Lipinski definition) is 2. The second-order valence-corrected chi connectivity index (χ2v) is 6.39. The van der Waals surface area contributed by atoms with Gasteiger partial charge < -0.3 is 15.4 Å². The number of rotatable bonds is 7. The third-order valence-corrected chi connectivity index (χ3v) is 4.42. The van der Waals surface area contributed by atoms with Crippen LogP contribution in [0.2, 0.25) is 5.02 Å². The average Bonchev–Trinajstić information content (AvgIpc) is 2.59. The molecule has 2 N–H and O–H groups in total. The second-order valence-electron chi connectivity index (χ2n) is 5.57. The molecule has 128 valence electrons. The average molecular weight is 363 g/mol. The molecule has 0 aliphatic heterocycles. The molecule has 5 heteroatoms. The van der Waals surface area contributed by atoms with E-state index in [-0.39, 0.29) is 6.10 Å². The van der Waals surface area contributed by atoms with Crippen molar-refractivity contribution in [2.24, 2.45) is 0 Å². The lowest BCUT2D eigenvalue weighted by Gasteiger charge is -2.15. The molecule has 2 aromatic carbocycles. The fraction of sp³-hybridized carbons (Fsp3) is 0.316. The highest BCUT2D eigenvalue weighted by atomic mass is 35.5. The number of thiocarbonyl (C=S) groups is 1. The second kappa shape index (κ2) is 9.62. The fourth-order valence-electron chi connectivity index (χ4n) is 2.26. The first kappa shape index (κ1) is 18.7. The molecule has 0 heterocycles. The number of hydrogen-bond acceptors (Lipinski definition) is 2. The van der Waals surface area contributed by atoms with E-state index in [0.29, 0.717) is 11.7 Å². The van der Waals surface area contributed by atoms with E-state index < -0.39 is 0 Å². The van der Waals surface area contributed by atoms with Crippen LogP contribution in [0.3, 0.4) is 0 Å². The highest BCUT2D eigenvalue weighted by Gasteiger charge is 2.05. The van der Waals surface area contributed by atoms with Gasteiger partial charge in [0.15, 0.2) is 5.11 Å². The fourth-order valence-corrected chi connectivity index (χ4v) is 2.65. The van der Waals surface area contributed by atoms with Crippen molar-refractivity contribution in [2.45, 2.75) is 26.4 Å². The largest absolute Gasteiger partial charge is 0.374 e. The minimum atomic E-state index is 0.102. The van der Waals surface area contributed by atoms with E-state index in [1.54, 1.807) is 0 Å². The van der Waals surface area contributed by atoms with Gasteiger partial charge in [-0.05, 0) is 55.7 Å². The maximum atomic E-state index is 6.10. The van der Waals surface area contributed by atoms with Crippen LogP contribution in [0.15, 0.2) is 48.5 Å². The summed E-state index contributed by atoms with van der Waals surface area (Å²) >= 11 is 11.4. The van der Waals surface area contributed by atoms with Crippen LogP contribution in [-0.4, -0.2) is 18.3 Å². The Kier molecular flexibility index (Phi) is 7.50. The SMILES string of the molecule is Cc1c(Cl)cccc1NC(=S)NCCCO[C@@H](C)c1ccccc1. The lowest BCUT2D eigenvalue weighted by atomic mass is 10.1. The number of ether oxygens (including phenoxy) is 1. The Morgan fingerprint density at radius 2 is 1.92 bits per heavy atom. The van der Waals surface area contributed by atoms with Gasteiger partial charge in [0.1, 0.15) is 0 Å². The minimum absolute atomic E-state index is 0.102. The van der Waals surface area contributed by atoms with Gasteiger partial charge in [0, 0.05) is 23.9 Å². The molecule has 0 saturated heterocycles. The Hall–Kier alpha value is -1.62. The van der Waals surface area contributed by atoms with E-state index in [9.17, 15) is 0 Å². The Labute approximate surface area is 154 Å². The molecule has 0 spiro atoms. The summed E-state index contributed by atoms with van der Waals surface area (Å²) in [5, 5.41) is 7.68. The molecule has 1 atom stereocenters. The van der Waals surface area contributed by atoms with Crippen LogP contribution in [0.5, 0.6) is 0 Å². The van der Waals surface area contributed by atoms with Crippen molar-refractivity contribution in [3.05, 3.63) is 64.7 Å². The van der Waals surface area contributed by atoms with Crippen molar-refractivity contribution in [2.75, 3.05) is 18.5 Å². The Morgan fingerprint density at radius 3 is 2.67 bits per heavy atom. The maximum absolute atomic E-state index is 6.10. The smallest absolute Gasteiger partial charge is 0.170 e. The lowest BCUT2D eigenvalue weighted by molar-refractivity contribution is 0.0646. The number of anilines is 1. The Morgan fingerprint density at radius 1 is 1.17 bits per heavy atom. The van der Waals surface area contributed by atoms with E-state index in [1.807, 2.05) is 43.3 Å². The topological polar surface area (TPSA) is 33.3 Å². The predicted molar refractivity (Wildman–Crippen MR) is 106 cm³/mol. The summed E-state index contributed by atoms with van der Waals surface area (Å²) in [5.41, 5.74) is 3.11. The number of nitrogens with one attached hydrogen (secondary N) is 2. The molecule has 2 rings (SSSR count). The summed E-state index contributed by atoms with van der Waals surface area (Å²) in [7, 11) is 0. The molecule has 2 aromatic rings. The maximum Gasteiger partial charge on any atom is 0.170 e. The van der Waals surface area contributed by atoms with Gasteiger partial charge in [-0.15, -0.1) is 0 Å². The summed E-state index contributed by atoms with van der Waals surface area (Å²) in [6, 6.07) is 15.9. The lowest BCUT2D eigenvalue weighted by Crippen LogP contribution is -2.30. The molecule has 0 saturated carbocycles. The van der Waals surface area contributed by atoms with E-state index in [2.05, 4.69) is 29.7 Å². The first-order valence-electron chi connectivity index (χ1n) is 8.04. The van der Waals surface area contributed by atoms with Gasteiger partial charge in [-0.1, -0.05) is 48.0 Å². The number of benzene rings is 2. The Bertz CT molecular complexity index is 664. The zero-order valence-electron chi connectivity index (χ0n) is 14.0. The normalized spacial score (nSPS) is 11.8. The highest BCUT2D eigenvalue weighted by molar-refractivity contribution is 7.80. The van der Waals surface area contributed by atoms with E-state index in [1.165, 1.54) is 5.56 Å². The van der Waals surface area contributed by atoms with Crippen LogP contribution in [0.25, 0.3) is 0 Å². The summed E-state index contributed by atoms with van der Waals surface area (Å²) in [6.07, 6.45) is 0.985. The molecule has 3 nitrogen and oxygen atoms in total. The monoisotopic (exact) mass is 362 g/mol. The van der Waals surface area contributed by atoms with Gasteiger partial charge >= 0.3 is 0 Å². The van der Waals surface area contributed by atoms with Crippen molar-refractivity contribution >= 4 is 34.6 Å². The predicted octanol–water partition coefficient (Wildman–Crippen LogP) is 5.10. The van der Waals surface area contributed by atoms with Gasteiger partial charge in [0.2, 0.25) is 0 Å². The summed E-state index contributed by atoms with van der Waals surface area (Å²) < 4.78 is 5.84. The van der Waals surface area contributed by atoms with E-state index in [4.69, 9.17) is 28.6 Å². The quantitative estimate of drug-likeness (QED) is 0.530. The third-order valence-electron chi connectivity index (χ3n) is 3.76. The van der Waals surface area contributed by atoms with Gasteiger partial charge in [-0.25, -0.2) is 0 Å². The van der Waals surface area contributed by atoms with Crippen LogP contribution < -0.4 is 10.6 Å². The summed E-state index contributed by atoms with van der Waals surface area (Å²) in [6.45, 7) is 5.47. The summed E-state index contributed by atoms with van der Waals surface area (Å²) in [4.78, 5) is 0. The molecule has 0 amide bonds. The molecule has 0 bridgehead atoms. The van der Waals surface area contributed by atoms with Crippen molar-refractivity contribution in [3.8, 4) is 0 Å². The molecular weight excluding hydrogens is 340 g/mol. The van der Waals surface area contributed by atoms with Crippen LogP contribution in [0, 0.1) is 6.92 Å². The van der Waals surface area contributed by atoms with Crippen molar-refractivity contribution < 1.29 is 4.74 Å². The molecule has 0 radical (unpaired) electrons. The van der Waals surface area contributed by atoms with Crippen LogP contribution in [0.1, 0.15) is 30.6 Å². The molecule has 0 fully saturated rings. The van der Waals surface area contributed by atoms with Crippen LogP contribution in [-0.2, 0) is 4.74 Å². The molecule has 0 unspecified atom stereocenters. The molecule has 24 heavy (non-hydrogen) atoms. The first-order chi connectivity index (χ1) is 11.6. The highest BCUT2D eigenvalue weighted by Crippen LogP contribution is 2.22. The van der Waals surface area contributed by atoms with Gasteiger partial charge in [-0.3, -0.25) is 0 Å². The van der Waals surface area contributed by atoms with Crippen molar-refractivity contribution in [1.29, 1.82) is 0 Å². The van der Waals surface area contributed by atoms with Crippen LogP contribution in [0.4, 0.5) is 5.69 Å². The third kappa shape index (κ3) is 5.78. The molecular formula is C19H23ClN2OS. The Balaban J connectivity index is 1.65. The van der Waals surface area contributed by atoms with Crippen molar-refractivity contribution in [1.82, 2.24) is 5.32 Å². The zero-order valence-corrected chi connectivity index (χ0v) is 15.6. The summed E-state index contributed by atoms with van der Waals surface area (Å²) in [5.74, 6) is 0. The van der Waals surface area contributed by atoms with E-state index >= 15 is 0 Å². The standard InChI is InChI=1S/C19H23ClN2OS/c1-14-17(20)10-6-11-18(14)22-19(24)21-12-7-13-23-15(2)16-8-4-3-5-9-16/h3-6,8-11,15H,7,12-13H2,1-2H3,(H2,21,22,24)/t15-/m0/s1. The van der Waals surface area contributed by atoms with Crippen molar-refractivity contribution in [3.63, 3.8) is 0 Å². The zero-order chi connectivity index (χ0) is 17.4. The van der Waals surface area contributed by atoms with Crippen LogP contribution >= 0.6 is 23.8 Å².